The van der Waals surface area contributed by atoms with Gasteiger partial charge in [-0.2, -0.15) is 0 Å². The molecule has 0 bridgehead atoms. The standard InChI is InChI=1S/C28H22N6O2/c1-19(35)32-26-12-11-21(18-31-26)10-9-20-5-2-7-23(15-20)34-27-24(8-4-14-30-27)33-25(28(34)36)16-22-6-3-13-29-17-22/h2-15,17-18H,16H2,1H3,(H,31,32,35). The molecule has 5 aromatic rings. The third-order valence-corrected chi connectivity index (χ3v) is 5.46. The molecule has 0 radical (unpaired) electrons. The third kappa shape index (κ3) is 5.07. The van der Waals surface area contributed by atoms with Gasteiger partial charge in [-0.1, -0.05) is 30.4 Å². The second-order valence-electron chi connectivity index (χ2n) is 8.17. The van der Waals surface area contributed by atoms with E-state index in [0.29, 0.717) is 34.8 Å². The van der Waals surface area contributed by atoms with Gasteiger partial charge in [-0.3, -0.25) is 19.1 Å². The fourth-order valence-electron chi connectivity index (χ4n) is 3.84. The Morgan fingerprint density at radius 3 is 2.58 bits per heavy atom. The average Bonchev–Trinajstić information content (AvgIpc) is 2.89. The number of pyridine rings is 3. The molecule has 8 nitrogen and oxygen atoms in total. The number of nitrogens with zero attached hydrogens (tertiary/aromatic N) is 5. The van der Waals surface area contributed by atoms with E-state index in [0.717, 1.165) is 16.7 Å². The first kappa shape index (κ1) is 22.8. The zero-order valence-corrected chi connectivity index (χ0v) is 19.5. The van der Waals surface area contributed by atoms with Crippen LogP contribution in [0.25, 0.3) is 29.0 Å². The number of benzene rings is 1. The van der Waals surface area contributed by atoms with Crippen LogP contribution in [0.3, 0.4) is 0 Å². The summed E-state index contributed by atoms with van der Waals surface area (Å²) in [5, 5.41) is 2.65. The molecule has 1 N–H and O–H groups in total. The lowest BCUT2D eigenvalue weighted by Gasteiger charge is -2.12. The van der Waals surface area contributed by atoms with Gasteiger partial charge in [0.05, 0.1) is 5.69 Å². The Morgan fingerprint density at radius 1 is 0.944 bits per heavy atom. The quantitative estimate of drug-likeness (QED) is 0.394. The lowest BCUT2D eigenvalue weighted by Crippen LogP contribution is -2.25. The summed E-state index contributed by atoms with van der Waals surface area (Å²) < 4.78 is 1.61. The Bertz CT molecular complexity index is 1630. The monoisotopic (exact) mass is 474 g/mol. The van der Waals surface area contributed by atoms with Crippen molar-refractivity contribution in [1.82, 2.24) is 24.5 Å². The minimum absolute atomic E-state index is 0.167. The Kier molecular flexibility index (Phi) is 6.40. The molecule has 0 aliphatic carbocycles. The number of rotatable bonds is 6. The van der Waals surface area contributed by atoms with Crippen molar-refractivity contribution in [3.63, 3.8) is 0 Å². The maximum Gasteiger partial charge on any atom is 0.278 e. The summed E-state index contributed by atoms with van der Waals surface area (Å²) in [4.78, 5) is 42.2. The van der Waals surface area contributed by atoms with Crippen molar-refractivity contribution in [2.45, 2.75) is 13.3 Å². The van der Waals surface area contributed by atoms with E-state index in [4.69, 9.17) is 0 Å². The van der Waals surface area contributed by atoms with Crippen LogP contribution in [0.4, 0.5) is 5.82 Å². The Hall–Kier alpha value is -4.98. The third-order valence-electron chi connectivity index (χ3n) is 5.46. The first-order chi connectivity index (χ1) is 17.6. The van der Waals surface area contributed by atoms with E-state index in [-0.39, 0.29) is 11.5 Å². The van der Waals surface area contributed by atoms with Gasteiger partial charge in [-0.15, -0.1) is 0 Å². The van der Waals surface area contributed by atoms with Gasteiger partial charge in [-0.05, 0) is 59.2 Å². The van der Waals surface area contributed by atoms with Crippen LogP contribution < -0.4 is 10.9 Å². The number of fused-ring (bicyclic) bond motifs is 1. The normalized spacial score (nSPS) is 11.1. The van der Waals surface area contributed by atoms with Crippen molar-refractivity contribution in [3.05, 3.63) is 118 Å². The Labute approximate surface area is 207 Å². The van der Waals surface area contributed by atoms with E-state index in [9.17, 15) is 9.59 Å². The van der Waals surface area contributed by atoms with Gasteiger partial charge < -0.3 is 5.32 Å². The van der Waals surface area contributed by atoms with Crippen LogP contribution >= 0.6 is 0 Å². The topological polar surface area (TPSA) is 103 Å². The number of carbonyl (C=O) groups excluding carboxylic acids is 1. The van der Waals surface area contributed by atoms with Crippen LogP contribution in [0.15, 0.2) is 90.2 Å². The molecule has 4 heterocycles. The number of carbonyl (C=O) groups is 1. The predicted molar refractivity (Wildman–Crippen MR) is 140 cm³/mol. The lowest BCUT2D eigenvalue weighted by molar-refractivity contribution is -0.114. The SMILES string of the molecule is CC(=O)Nc1ccc(C=Cc2cccc(-n3c(=O)c(Cc4cccnc4)nc4cccnc43)c2)cn1. The molecule has 5 rings (SSSR count). The molecule has 0 aliphatic heterocycles. The van der Waals surface area contributed by atoms with Gasteiger partial charge in [0.25, 0.3) is 5.56 Å². The number of aromatic nitrogens is 5. The zero-order chi connectivity index (χ0) is 24.9. The maximum absolute atomic E-state index is 13.6. The molecule has 0 saturated heterocycles. The van der Waals surface area contributed by atoms with Crippen LogP contribution in [0.2, 0.25) is 0 Å². The van der Waals surface area contributed by atoms with Crippen molar-refractivity contribution in [2.24, 2.45) is 0 Å². The molecule has 176 valence electrons. The summed E-state index contributed by atoms with van der Waals surface area (Å²) in [7, 11) is 0. The number of hydrogen-bond donors (Lipinski definition) is 1. The number of anilines is 1. The second kappa shape index (κ2) is 10.1. The van der Waals surface area contributed by atoms with E-state index < -0.39 is 0 Å². The Morgan fingerprint density at radius 2 is 1.81 bits per heavy atom. The van der Waals surface area contributed by atoms with Gasteiger partial charge >= 0.3 is 0 Å². The highest BCUT2D eigenvalue weighted by Gasteiger charge is 2.14. The van der Waals surface area contributed by atoms with E-state index >= 15 is 0 Å². The number of hydrogen-bond acceptors (Lipinski definition) is 6. The molecular weight excluding hydrogens is 452 g/mol. The summed E-state index contributed by atoms with van der Waals surface area (Å²) in [6.07, 6.45) is 11.0. The summed E-state index contributed by atoms with van der Waals surface area (Å²) in [6.45, 7) is 1.44. The van der Waals surface area contributed by atoms with E-state index in [1.54, 1.807) is 35.4 Å². The largest absolute Gasteiger partial charge is 0.311 e. The first-order valence-electron chi connectivity index (χ1n) is 11.3. The molecule has 0 spiro atoms. The molecule has 0 aliphatic rings. The fourth-order valence-corrected chi connectivity index (χ4v) is 3.84. The van der Waals surface area contributed by atoms with Crippen LogP contribution in [-0.4, -0.2) is 30.4 Å². The lowest BCUT2D eigenvalue weighted by atomic mass is 10.1. The molecule has 0 saturated carbocycles. The smallest absolute Gasteiger partial charge is 0.278 e. The van der Waals surface area contributed by atoms with Gasteiger partial charge in [-0.25, -0.2) is 15.0 Å². The molecule has 1 amide bonds. The molecule has 4 aromatic heterocycles. The van der Waals surface area contributed by atoms with E-state index in [2.05, 4.69) is 25.3 Å². The van der Waals surface area contributed by atoms with Crippen LogP contribution in [0.5, 0.6) is 0 Å². The van der Waals surface area contributed by atoms with E-state index in [1.807, 2.05) is 66.7 Å². The van der Waals surface area contributed by atoms with Crippen molar-refractivity contribution >= 4 is 35.0 Å². The summed E-state index contributed by atoms with van der Waals surface area (Å²) in [5.74, 6) is 0.333. The molecule has 36 heavy (non-hydrogen) atoms. The average molecular weight is 475 g/mol. The molecule has 1 aromatic carbocycles. The minimum atomic E-state index is -0.219. The molecule has 0 unspecified atom stereocenters. The van der Waals surface area contributed by atoms with E-state index in [1.165, 1.54) is 6.92 Å². The molecule has 0 atom stereocenters. The summed E-state index contributed by atoms with van der Waals surface area (Å²) >= 11 is 0. The van der Waals surface area contributed by atoms with Crippen LogP contribution in [-0.2, 0) is 11.2 Å². The highest BCUT2D eigenvalue weighted by Crippen LogP contribution is 2.18. The molecule has 8 heteroatoms. The van der Waals surface area contributed by atoms with Gasteiger partial charge in [0, 0.05) is 38.1 Å². The molecule has 0 fully saturated rings. The van der Waals surface area contributed by atoms with Crippen molar-refractivity contribution in [2.75, 3.05) is 5.32 Å². The highest BCUT2D eigenvalue weighted by atomic mass is 16.1. The maximum atomic E-state index is 13.6. The predicted octanol–water partition coefficient (Wildman–Crippen LogP) is 4.29. The fraction of sp³-hybridized carbons (Fsp3) is 0.0714. The van der Waals surface area contributed by atoms with Gasteiger partial charge in [0.1, 0.15) is 17.0 Å². The van der Waals surface area contributed by atoms with Crippen molar-refractivity contribution < 1.29 is 4.79 Å². The van der Waals surface area contributed by atoms with Gasteiger partial charge in [0.15, 0.2) is 5.65 Å². The number of amides is 1. The number of nitrogens with one attached hydrogen (secondary N) is 1. The molecular formula is C28H22N6O2. The van der Waals surface area contributed by atoms with Crippen molar-refractivity contribution in [3.8, 4) is 5.69 Å². The highest BCUT2D eigenvalue weighted by molar-refractivity contribution is 5.87. The second-order valence-corrected chi connectivity index (χ2v) is 8.17. The van der Waals surface area contributed by atoms with Crippen LogP contribution in [0, 0.1) is 0 Å². The summed E-state index contributed by atoms with van der Waals surface area (Å²) in [6, 6.07) is 18.7. The summed E-state index contributed by atoms with van der Waals surface area (Å²) in [5.41, 5.74) is 4.73. The van der Waals surface area contributed by atoms with Crippen molar-refractivity contribution in [1.29, 1.82) is 0 Å². The van der Waals surface area contributed by atoms with Crippen LogP contribution in [0.1, 0.15) is 29.3 Å². The minimum Gasteiger partial charge on any atom is -0.311 e. The van der Waals surface area contributed by atoms with Gasteiger partial charge in [0.2, 0.25) is 5.91 Å². The Balaban J connectivity index is 1.51. The zero-order valence-electron chi connectivity index (χ0n) is 19.5. The first-order valence-corrected chi connectivity index (χ1v) is 11.3.